The van der Waals surface area contributed by atoms with Crippen LogP contribution in [-0.2, 0) is 10.2 Å². The van der Waals surface area contributed by atoms with Crippen molar-refractivity contribution < 1.29 is 8.42 Å². The highest BCUT2D eigenvalue weighted by atomic mass is 35.5. The lowest BCUT2D eigenvalue weighted by molar-refractivity contribution is 0.249. The molecule has 1 rings (SSSR count). The second-order valence-electron chi connectivity index (χ2n) is 3.82. The molecule has 7 heteroatoms. The van der Waals surface area contributed by atoms with Gasteiger partial charge in [0.1, 0.15) is 0 Å². The Morgan fingerprint density at radius 1 is 1.43 bits per heavy atom. The first-order valence-electron chi connectivity index (χ1n) is 4.32. The van der Waals surface area contributed by atoms with Gasteiger partial charge < -0.3 is 5.73 Å². The lowest BCUT2D eigenvalue weighted by Gasteiger charge is -2.38. The van der Waals surface area contributed by atoms with Crippen LogP contribution in [0.4, 0.5) is 0 Å². The highest BCUT2D eigenvalue weighted by Gasteiger charge is 2.33. The van der Waals surface area contributed by atoms with Crippen molar-refractivity contribution in [1.82, 2.24) is 9.03 Å². The summed E-state index contributed by atoms with van der Waals surface area (Å²) in [7, 11) is -0.320. The van der Waals surface area contributed by atoms with Crippen LogP contribution in [0.5, 0.6) is 0 Å². The normalized spacial score (nSPS) is 20.0. The SMILES string of the molecule is CN(C)S(=O)(=O)NCC1(N)CCC1.Cl. The number of nitrogens with zero attached hydrogens (tertiary/aromatic N) is 1. The molecule has 0 aromatic carbocycles. The maximum absolute atomic E-state index is 11.3. The summed E-state index contributed by atoms with van der Waals surface area (Å²) < 4.78 is 26.2. The van der Waals surface area contributed by atoms with E-state index >= 15 is 0 Å². The summed E-state index contributed by atoms with van der Waals surface area (Å²) in [6.07, 6.45) is 2.91. The number of hydrogen-bond acceptors (Lipinski definition) is 3. The Morgan fingerprint density at radius 2 is 1.93 bits per heavy atom. The van der Waals surface area contributed by atoms with Gasteiger partial charge in [0.2, 0.25) is 0 Å². The van der Waals surface area contributed by atoms with Crippen LogP contribution >= 0.6 is 12.4 Å². The fourth-order valence-corrected chi connectivity index (χ4v) is 1.90. The van der Waals surface area contributed by atoms with Crippen molar-refractivity contribution in [1.29, 1.82) is 0 Å². The van der Waals surface area contributed by atoms with Gasteiger partial charge in [-0.15, -0.1) is 12.4 Å². The Kier molecular flexibility index (Phi) is 4.80. The zero-order valence-corrected chi connectivity index (χ0v) is 10.1. The molecule has 0 radical (unpaired) electrons. The van der Waals surface area contributed by atoms with Crippen LogP contribution in [0.15, 0.2) is 0 Å². The van der Waals surface area contributed by atoms with Gasteiger partial charge in [-0.25, -0.2) is 4.72 Å². The number of rotatable bonds is 4. The molecule has 14 heavy (non-hydrogen) atoms. The molecule has 0 aromatic rings. The maximum atomic E-state index is 11.3. The van der Waals surface area contributed by atoms with Crippen LogP contribution in [0, 0.1) is 0 Å². The van der Waals surface area contributed by atoms with Gasteiger partial charge in [-0.2, -0.15) is 12.7 Å². The standard InChI is InChI=1S/C7H17N3O2S.ClH/c1-10(2)13(11,12)9-6-7(8)4-3-5-7;/h9H,3-6,8H2,1-2H3;1H. The number of nitrogens with two attached hydrogens (primary N) is 1. The molecule has 1 saturated carbocycles. The van der Waals surface area contributed by atoms with E-state index in [9.17, 15) is 8.42 Å². The third-order valence-corrected chi connectivity index (χ3v) is 3.91. The summed E-state index contributed by atoms with van der Waals surface area (Å²) in [6.45, 7) is 0.341. The number of halogens is 1. The first-order chi connectivity index (χ1) is 5.86. The molecular formula is C7H18ClN3O2S. The molecule has 0 atom stereocenters. The molecule has 86 valence electrons. The molecule has 0 heterocycles. The molecule has 3 N–H and O–H groups in total. The van der Waals surface area contributed by atoms with Gasteiger partial charge >= 0.3 is 0 Å². The van der Waals surface area contributed by atoms with E-state index in [2.05, 4.69) is 4.72 Å². The van der Waals surface area contributed by atoms with E-state index in [1.807, 2.05) is 0 Å². The number of hydrogen-bond donors (Lipinski definition) is 2. The Labute approximate surface area is 91.6 Å². The summed E-state index contributed by atoms with van der Waals surface area (Å²) in [4.78, 5) is 0. The lowest BCUT2D eigenvalue weighted by atomic mass is 9.78. The Bertz CT molecular complexity index is 275. The van der Waals surface area contributed by atoms with Crippen molar-refractivity contribution in [2.45, 2.75) is 24.8 Å². The lowest BCUT2D eigenvalue weighted by Crippen LogP contribution is -2.56. The Morgan fingerprint density at radius 3 is 2.21 bits per heavy atom. The molecule has 0 bridgehead atoms. The van der Waals surface area contributed by atoms with E-state index in [0.717, 1.165) is 23.6 Å². The molecule has 0 aromatic heterocycles. The minimum Gasteiger partial charge on any atom is -0.324 e. The quantitative estimate of drug-likeness (QED) is 0.711. The first-order valence-corrected chi connectivity index (χ1v) is 5.76. The van der Waals surface area contributed by atoms with Crippen LogP contribution < -0.4 is 10.5 Å². The average Bonchev–Trinajstić information content (AvgIpc) is 1.97. The van der Waals surface area contributed by atoms with E-state index in [-0.39, 0.29) is 17.9 Å². The smallest absolute Gasteiger partial charge is 0.278 e. The van der Waals surface area contributed by atoms with Crippen molar-refractivity contribution in [2.75, 3.05) is 20.6 Å². The molecule has 1 aliphatic rings. The monoisotopic (exact) mass is 243 g/mol. The van der Waals surface area contributed by atoms with Crippen molar-refractivity contribution in [3.63, 3.8) is 0 Å². The van der Waals surface area contributed by atoms with Gasteiger partial charge in [-0.1, -0.05) is 0 Å². The molecule has 1 aliphatic carbocycles. The third kappa shape index (κ3) is 3.36. The van der Waals surface area contributed by atoms with Gasteiger partial charge in [-0.05, 0) is 19.3 Å². The van der Waals surface area contributed by atoms with Crippen LogP contribution in [0.1, 0.15) is 19.3 Å². The number of nitrogens with one attached hydrogen (secondary N) is 1. The summed E-state index contributed by atoms with van der Waals surface area (Å²) >= 11 is 0. The van der Waals surface area contributed by atoms with Gasteiger partial charge in [0.15, 0.2) is 0 Å². The van der Waals surface area contributed by atoms with Crippen LogP contribution in [0.2, 0.25) is 0 Å². The van der Waals surface area contributed by atoms with Crippen molar-refractivity contribution >= 4 is 22.6 Å². The predicted octanol–water partition coefficient (Wildman–Crippen LogP) is -0.314. The molecule has 0 aliphatic heterocycles. The van der Waals surface area contributed by atoms with E-state index in [4.69, 9.17) is 5.73 Å². The molecule has 0 spiro atoms. The van der Waals surface area contributed by atoms with Gasteiger partial charge in [0, 0.05) is 26.2 Å². The van der Waals surface area contributed by atoms with Gasteiger partial charge in [0.05, 0.1) is 0 Å². The van der Waals surface area contributed by atoms with Crippen LogP contribution in [0.3, 0.4) is 0 Å². The molecule has 0 saturated heterocycles. The van der Waals surface area contributed by atoms with Crippen LogP contribution in [-0.4, -0.2) is 38.9 Å². The average molecular weight is 244 g/mol. The topological polar surface area (TPSA) is 75.4 Å². The fourth-order valence-electron chi connectivity index (χ4n) is 1.17. The van der Waals surface area contributed by atoms with E-state index < -0.39 is 10.2 Å². The first kappa shape index (κ1) is 14.1. The van der Waals surface area contributed by atoms with Crippen molar-refractivity contribution in [3.05, 3.63) is 0 Å². The fraction of sp³-hybridized carbons (Fsp3) is 1.00. The molecule has 5 nitrogen and oxygen atoms in total. The van der Waals surface area contributed by atoms with Gasteiger partial charge in [0.25, 0.3) is 10.2 Å². The van der Waals surface area contributed by atoms with Crippen molar-refractivity contribution in [2.24, 2.45) is 5.73 Å². The Hall–Kier alpha value is 0.120. The van der Waals surface area contributed by atoms with E-state index in [0.29, 0.717) is 6.54 Å². The zero-order chi connectivity index (χ0) is 10.1. The molecular weight excluding hydrogens is 226 g/mol. The second kappa shape index (κ2) is 4.76. The molecule has 1 fully saturated rings. The largest absolute Gasteiger partial charge is 0.324 e. The summed E-state index contributed by atoms with van der Waals surface area (Å²) in [5.74, 6) is 0. The van der Waals surface area contributed by atoms with Crippen LogP contribution in [0.25, 0.3) is 0 Å². The zero-order valence-electron chi connectivity index (χ0n) is 8.49. The second-order valence-corrected chi connectivity index (χ2v) is 5.79. The molecule has 0 unspecified atom stereocenters. The van der Waals surface area contributed by atoms with Gasteiger partial charge in [-0.3, -0.25) is 0 Å². The molecule has 0 amide bonds. The Balaban J connectivity index is 0.00000169. The maximum Gasteiger partial charge on any atom is 0.278 e. The minimum absolute atomic E-state index is 0. The van der Waals surface area contributed by atoms with E-state index in [1.54, 1.807) is 0 Å². The summed E-state index contributed by atoms with van der Waals surface area (Å²) in [5.41, 5.74) is 5.56. The van der Waals surface area contributed by atoms with Crippen molar-refractivity contribution in [3.8, 4) is 0 Å². The summed E-state index contributed by atoms with van der Waals surface area (Å²) in [5, 5.41) is 0. The highest BCUT2D eigenvalue weighted by Crippen LogP contribution is 2.28. The van der Waals surface area contributed by atoms with E-state index in [1.165, 1.54) is 14.1 Å². The third-order valence-electron chi connectivity index (χ3n) is 2.44. The predicted molar refractivity (Wildman–Crippen MR) is 58.6 cm³/mol. The minimum atomic E-state index is -3.30. The highest BCUT2D eigenvalue weighted by molar-refractivity contribution is 7.87. The summed E-state index contributed by atoms with van der Waals surface area (Å²) in [6, 6.07) is 0.